The van der Waals surface area contributed by atoms with Crippen LogP contribution >= 0.6 is 0 Å². The van der Waals surface area contributed by atoms with Gasteiger partial charge in [-0.05, 0) is 44.9 Å². The summed E-state index contributed by atoms with van der Waals surface area (Å²) in [7, 11) is 1.87. The van der Waals surface area contributed by atoms with Crippen molar-refractivity contribution < 1.29 is 4.79 Å². The van der Waals surface area contributed by atoms with Crippen LogP contribution in [0.4, 0.5) is 0 Å². The number of nitrogens with one attached hydrogen (secondary N) is 2. The summed E-state index contributed by atoms with van der Waals surface area (Å²) in [4.78, 5) is 21.4. The number of amides is 1. The third-order valence-electron chi connectivity index (χ3n) is 4.58. The van der Waals surface area contributed by atoms with Crippen LogP contribution in [0.15, 0.2) is 18.3 Å². The smallest absolute Gasteiger partial charge is 0.220 e. The molecule has 0 radical (unpaired) electrons. The number of carbonyl (C=O) groups is 1. The number of hydrogen-bond donors (Lipinski definition) is 2. The van der Waals surface area contributed by atoms with Crippen molar-refractivity contribution in [2.24, 2.45) is 7.05 Å². The quantitative estimate of drug-likeness (QED) is 0.825. The number of aryl methyl sites for hydroxylation is 3. The third kappa shape index (κ3) is 4.85. The lowest BCUT2D eigenvalue weighted by atomic mass is 9.98. The van der Waals surface area contributed by atoms with Gasteiger partial charge in [0.1, 0.15) is 5.82 Å². The van der Waals surface area contributed by atoms with Crippen molar-refractivity contribution in [2.45, 2.75) is 45.1 Å². The molecule has 1 amide bonds. The van der Waals surface area contributed by atoms with Crippen molar-refractivity contribution in [2.75, 3.05) is 13.1 Å². The second-order valence-corrected chi connectivity index (χ2v) is 6.63. The maximum atomic E-state index is 12.1. The average Bonchev–Trinajstić information content (AvgIpc) is 3.03. The number of aromatic nitrogens is 4. The zero-order valence-corrected chi connectivity index (χ0v) is 15.0. The normalized spacial score (nSPS) is 17.4. The molecule has 25 heavy (non-hydrogen) atoms. The van der Waals surface area contributed by atoms with Crippen molar-refractivity contribution >= 4 is 5.91 Å². The van der Waals surface area contributed by atoms with E-state index in [9.17, 15) is 4.79 Å². The van der Waals surface area contributed by atoms with Gasteiger partial charge in [0.25, 0.3) is 0 Å². The molecular formula is C18H26N6O. The van der Waals surface area contributed by atoms with Gasteiger partial charge in [0.2, 0.25) is 5.91 Å². The van der Waals surface area contributed by atoms with Crippen molar-refractivity contribution in [1.82, 2.24) is 30.4 Å². The van der Waals surface area contributed by atoms with Gasteiger partial charge in [-0.1, -0.05) is 0 Å². The first kappa shape index (κ1) is 17.5. The molecule has 0 unspecified atom stereocenters. The van der Waals surface area contributed by atoms with Gasteiger partial charge in [-0.25, -0.2) is 9.97 Å². The molecule has 1 atom stereocenters. The topological polar surface area (TPSA) is 84.7 Å². The SMILES string of the molecule is Cc1cc(CCC(=O)NCc2ccnn2C)nc([C@@H]2CCCNC2)n1. The van der Waals surface area contributed by atoms with E-state index in [0.29, 0.717) is 25.3 Å². The maximum Gasteiger partial charge on any atom is 0.220 e. The van der Waals surface area contributed by atoms with Gasteiger partial charge < -0.3 is 10.6 Å². The summed E-state index contributed by atoms with van der Waals surface area (Å²) < 4.78 is 1.76. The molecule has 0 spiro atoms. The minimum atomic E-state index is 0.0262. The summed E-state index contributed by atoms with van der Waals surface area (Å²) in [5, 5.41) is 10.4. The highest BCUT2D eigenvalue weighted by molar-refractivity contribution is 5.76. The summed E-state index contributed by atoms with van der Waals surface area (Å²) in [6.45, 7) is 4.50. The molecule has 7 heteroatoms. The standard InChI is InChI=1S/C18H26N6O/c1-13-10-15(23-18(22-13)14-4-3-8-19-11-14)5-6-17(25)20-12-16-7-9-21-24(16)2/h7,9-10,14,19H,3-6,8,11-12H2,1-2H3,(H,20,25)/t14-/m1/s1. The van der Waals surface area contributed by atoms with Gasteiger partial charge in [-0.15, -0.1) is 0 Å². The minimum Gasteiger partial charge on any atom is -0.350 e. The molecule has 3 heterocycles. The zero-order chi connectivity index (χ0) is 17.6. The Hall–Kier alpha value is -2.28. The Morgan fingerprint density at radius 3 is 3.04 bits per heavy atom. The van der Waals surface area contributed by atoms with Crippen LogP contribution in [0.1, 0.15) is 48.1 Å². The number of carbonyl (C=O) groups excluding carboxylic acids is 1. The van der Waals surface area contributed by atoms with Gasteiger partial charge in [-0.3, -0.25) is 9.48 Å². The van der Waals surface area contributed by atoms with Crippen molar-refractivity contribution in [3.63, 3.8) is 0 Å². The van der Waals surface area contributed by atoms with Gasteiger partial charge in [0.15, 0.2) is 0 Å². The largest absolute Gasteiger partial charge is 0.350 e. The Balaban J connectivity index is 1.54. The number of hydrogen-bond acceptors (Lipinski definition) is 5. The van der Waals surface area contributed by atoms with Crippen LogP contribution in [-0.4, -0.2) is 38.7 Å². The summed E-state index contributed by atoms with van der Waals surface area (Å²) in [5.41, 5.74) is 2.91. The molecule has 1 aliphatic rings. The van der Waals surface area contributed by atoms with E-state index in [1.807, 2.05) is 26.1 Å². The molecule has 134 valence electrons. The lowest BCUT2D eigenvalue weighted by Gasteiger charge is -2.22. The summed E-state index contributed by atoms with van der Waals surface area (Å²) in [6.07, 6.45) is 5.08. The van der Waals surface area contributed by atoms with Crippen molar-refractivity contribution in [3.8, 4) is 0 Å². The molecule has 1 fully saturated rings. The second-order valence-electron chi connectivity index (χ2n) is 6.63. The second kappa shape index (κ2) is 8.20. The number of rotatable bonds is 6. The first-order valence-corrected chi connectivity index (χ1v) is 8.90. The molecule has 0 bridgehead atoms. The van der Waals surface area contributed by atoms with Crippen LogP contribution in [-0.2, 0) is 24.8 Å². The van der Waals surface area contributed by atoms with Crippen LogP contribution in [0.25, 0.3) is 0 Å². The molecule has 0 aromatic carbocycles. The molecule has 2 N–H and O–H groups in total. The summed E-state index contributed by atoms with van der Waals surface area (Å²) in [5.74, 6) is 1.32. The van der Waals surface area contributed by atoms with Crippen LogP contribution in [0.2, 0.25) is 0 Å². The lowest BCUT2D eigenvalue weighted by molar-refractivity contribution is -0.121. The van der Waals surface area contributed by atoms with E-state index in [2.05, 4.69) is 20.7 Å². The fourth-order valence-electron chi connectivity index (χ4n) is 3.14. The van der Waals surface area contributed by atoms with E-state index >= 15 is 0 Å². The first-order valence-electron chi connectivity index (χ1n) is 8.90. The predicted molar refractivity (Wildman–Crippen MR) is 95.0 cm³/mol. The molecule has 7 nitrogen and oxygen atoms in total. The number of nitrogens with zero attached hydrogens (tertiary/aromatic N) is 4. The molecule has 2 aromatic heterocycles. The van der Waals surface area contributed by atoms with Gasteiger partial charge in [0.05, 0.1) is 12.2 Å². The van der Waals surface area contributed by atoms with E-state index in [0.717, 1.165) is 48.8 Å². The van der Waals surface area contributed by atoms with Crippen LogP contribution in [0, 0.1) is 6.92 Å². The Bertz CT molecular complexity index is 720. The summed E-state index contributed by atoms with van der Waals surface area (Å²) >= 11 is 0. The van der Waals surface area contributed by atoms with Crippen LogP contribution in [0.5, 0.6) is 0 Å². The van der Waals surface area contributed by atoms with Crippen LogP contribution < -0.4 is 10.6 Å². The van der Waals surface area contributed by atoms with Gasteiger partial charge >= 0.3 is 0 Å². The average molecular weight is 342 g/mol. The lowest BCUT2D eigenvalue weighted by Crippen LogP contribution is -2.29. The van der Waals surface area contributed by atoms with Gasteiger partial charge in [0, 0.05) is 43.5 Å². The molecule has 0 aliphatic carbocycles. The summed E-state index contributed by atoms with van der Waals surface area (Å²) in [6, 6.07) is 3.88. The van der Waals surface area contributed by atoms with Crippen molar-refractivity contribution in [3.05, 3.63) is 41.2 Å². The van der Waals surface area contributed by atoms with Crippen molar-refractivity contribution in [1.29, 1.82) is 0 Å². The van der Waals surface area contributed by atoms with E-state index in [4.69, 9.17) is 4.98 Å². The van der Waals surface area contributed by atoms with E-state index in [1.54, 1.807) is 10.9 Å². The predicted octanol–water partition coefficient (Wildman–Crippen LogP) is 1.23. The zero-order valence-electron chi connectivity index (χ0n) is 15.0. The first-order chi connectivity index (χ1) is 12.1. The highest BCUT2D eigenvalue weighted by Gasteiger charge is 2.18. The minimum absolute atomic E-state index is 0.0262. The Morgan fingerprint density at radius 2 is 2.32 bits per heavy atom. The Labute approximate surface area is 148 Å². The van der Waals surface area contributed by atoms with Gasteiger partial charge in [-0.2, -0.15) is 5.10 Å². The molecular weight excluding hydrogens is 316 g/mol. The molecule has 1 saturated heterocycles. The van der Waals surface area contributed by atoms with Crippen LogP contribution in [0.3, 0.4) is 0 Å². The maximum absolute atomic E-state index is 12.1. The highest BCUT2D eigenvalue weighted by Crippen LogP contribution is 2.20. The Kier molecular flexibility index (Phi) is 5.75. The third-order valence-corrected chi connectivity index (χ3v) is 4.58. The van der Waals surface area contributed by atoms with E-state index in [-0.39, 0.29) is 5.91 Å². The van der Waals surface area contributed by atoms with E-state index in [1.165, 1.54) is 0 Å². The molecule has 0 saturated carbocycles. The Morgan fingerprint density at radius 1 is 1.44 bits per heavy atom. The molecule has 1 aliphatic heterocycles. The molecule has 3 rings (SSSR count). The monoisotopic (exact) mass is 342 g/mol. The fourth-order valence-corrected chi connectivity index (χ4v) is 3.14. The molecule has 2 aromatic rings. The fraction of sp³-hybridized carbons (Fsp3) is 0.556. The highest BCUT2D eigenvalue weighted by atomic mass is 16.1. The number of piperidine rings is 1. The van der Waals surface area contributed by atoms with E-state index < -0.39 is 0 Å².